The Kier molecular flexibility index (Phi) is 14.2. The minimum atomic E-state index is -4.98. The number of halogens is 5. The van der Waals surface area contributed by atoms with Crippen LogP contribution in [-0.2, 0) is 15.6 Å². The molecule has 2 aromatic carbocycles. The van der Waals surface area contributed by atoms with Crippen molar-refractivity contribution in [2.45, 2.75) is 82.1 Å². The van der Waals surface area contributed by atoms with Gasteiger partial charge < -0.3 is 0 Å². The van der Waals surface area contributed by atoms with Crippen LogP contribution in [0.3, 0.4) is 0 Å². The summed E-state index contributed by atoms with van der Waals surface area (Å²) in [6, 6.07) is 8.70. The first-order valence-corrected chi connectivity index (χ1v) is 14.5. The zero-order valence-corrected chi connectivity index (χ0v) is 22.0. The Morgan fingerprint density at radius 2 is 1.35 bits per heavy atom. The molecule has 0 heterocycles. The summed E-state index contributed by atoms with van der Waals surface area (Å²) in [6.45, 7) is 6.55. The van der Waals surface area contributed by atoms with Crippen molar-refractivity contribution in [2.24, 2.45) is 5.92 Å². The van der Waals surface area contributed by atoms with Crippen LogP contribution < -0.4 is 4.72 Å². The number of benzene rings is 2. The maximum absolute atomic E-state index is 13.8. The summed E-state index contributed by atoms with van der Waals surface area (Å²) in [6.07, 6.45) is 10.4. The van der Waals surface area contributed by atoms with E-state index in [1.165, 1.54) is 44.9 Å². The lowest BCUT2D eigenvalue weighted by Crippen LogP contribution is -2.11. The van der Waals surface area contributed by atoms with E-state index in [4.69, 9.17) is 10.7 Å². The van der Waals surface area contributed by atoms with Crippen LogP contribution in [0.4, 0.5) is 17.6 Å². The molecule has 10 heteroatoms. The van der Waals surface area contributed by atoms with Gasteiger partial charge in [0.2, 0.25) is 0 Å². The molecule has 3 rings (SSSR count). The Bertz CT molecular complexity index is 955. The summed E-state index contributed by atoms with van der Waals surface area (Å²) >= 11 is 0.298. The minimum absolute atomic E-state index is 0.156. The van der Waals surface area contributed by atoms with Crippen LogP contribution in [0.2, 0.25) is 0 Å². The standard InChI is InChI=1S/C13H8ClF4NO2S2.C9H18.C2H6/c14-23(20,21)13-10(17)8(15)12(9(16)11(13)18)22-19-6-7-4-2-1-3-5-7;1-9-7-5-3-2-4-6-8-9;1-2/h1-5,19H,6H2;9H,2-8H2,1H3;1-2H3. The van der Waals surface area contributed by atoms with Gasteiger partial charge in [0.15, 0.2) is 28.2 Å². The summed E-state index contributed by atoms with van der Waals surface area (Å²) in [5.41, 5.74) is 0.765. The van der Waals surface area contributed by atoms with E-state index in [0.29, 0.717) is 11.9 Å². The summed E-state index contributed by atoms with van der Waals surface area (Å²) in [4.78, 5) is -2.87. The Labute approximate surface area is 209 Å². The zero-order chi connectivity index (χ0) is 25.7. The molecule has 0 spiro atoms. The molecule has 0 amide bonds. The van der Waals surface area contributed by atoms with E-state index in [2.05, 4.69) is 11.6 Å². The van der Waals surface area contributed by atoms with E-state index in [-0.39, 0.29) is 6.54 Å². The fourth-order valence-electron chi connectivity index (χ4n) is 3.34. The molecule has 34 heavy (non-hydrogen) atoms. The van der Waals surface area contributed by atoms with Gasteiger partial charge in [0.25, 0.3) is 9.05 Å². The van der Waals surface area contributed by atoms with Crippen molar-refractivity contribution in [3.8, 4) is 0 Å². The van der Waals surface area contributed by atoms with Crippen molar-refractivity contribution >= 4 is 31.7 Å². The molecule has 0 unspecified atom stereocenters. The molecule has 3 nitrogen and oxygen atoms in total. The van der Waals surface area contributed by atoms with E-state index >= 15 is 0 Å². The van der Waals surface area contributed by atoms with Gasteiger partial charge >= 0.3 is 0 Å². The lowest BCUT2D eigenvalue weighted by Gasteiger charge is -2.13. The monoisotopic (exact) mass is 541 g/mol. The second-order valence-electron chi connectivity index (χ2n) is 7.71. The number of hydrogen-bond acceptors (Lipinski definition) is 4. The van der Waals surface area contributed by atoms with Crippen LogP contribution in [0.25, 0.3) is 0 Å². The van der Waals surface area contributed by atoms with E-state index < -0.39 is 42.1 Å². The van der Waals surface area contributed by atoms with E-state index in [0.717, 1.165) is 11.5 Å². The largest absolute Gasteiger partial charge is 0.267 e. The van der Waals surface area contributed by atoms with Crippen molar-refractivity contribution in [2.75, 3.05) is 0 Å². The average Bonchev–Trinajstić information content (AvgIpc) is 2.79. The quantitative estimate of drug-likeness (QED) is 0.179. The smallest absolute Gasteiger partial charge is 0.255 e. The Morgan fingerprint density at radius 3 is 1.82 bits per heavy atom. The van der Waals surface area contributed by atoms with Crippen LogP contribution in [0, 0.1) is 29.2 Å². The number of hydrogen-bond donors (Lipinski definition) is 1. The fraction of sp³-hybridized carbons (Fsp3) is 0.500. The van der Waals surface area contributed by atoms with Gasteiger partial charge in [0.05, 0.1) is 0 Å². The molecule has 2 aromatic rings. The van der Waals surface area contributed by atoms with Crippen LogP contribution in [0.15, 0.2) is 40.1 Å². The normalized spacial score (nSPS) is 14.7. The van der Waals surface area contributed by atoms with Crippen molar-refractivity contribution in [3.05, 3.63) is 59.2 Å². The van der Waals surface area contributed by atoms with Crippen molar-refractivity contribution < 1.29 is 26.0 Å². The van der Waals surface area contributed by atoms with Crippen LogP contribution >= 0.6 is 22.6 Å². The molecule has 0 radical (unpaired) electrons. The van der Waals surface area contributed by atoms with E-state index in [9.17, 15) is 26.0 Å². The minimum Gasteiger partial charge on any atom is -0.255 e. The third-order valence-electron chi connectivity index (χ3n) is 5.11. The van der Waals surface area contributed by atoms with Gasteiger partial charge in [-0.1, -0.05) is 96.0 Å². The first kappa shape index (κ1) is 30.7. The van der Waals surface area contributed by atoms with E-state index in [1.807, 2.05) is 13.8 Å². The molecule has 0 aliphatic heterocycles. The second kappa shape index (κ2) is 15.7. The molecular formula is C24H32ClF4NO2S2. The molecule has 0 bridgehead atoms. The molecule has 192 valence electrons. The highest BCUT2D eigenvalue weighted by Gasteiger charge is 2.32. The van der Waals surface area contributed by atoms with Gasteiger partial charge in [0.1, 0.15) is 4.90 Å². The molecule has 1 fully saturated rings. The fourth-order valence-corrected chi connectivity index (χ4v) is 5.10. The Hall–Kier alpha value is -1.29. The van der Waals surface area contributed by atoms with Crippen molar-refractivity contribution in [3.63, 3.8) is 0 Å². The van der Waals surface area contributed by atoms with Gasteiger partial charge in [0, 0.05) is 17.2 Å². The molecule has 1 aliphatic rings. The Balaban J connectivity index is 0.000000437. The van der Waals surface area contributed by atoms with Gasteiger partial charge in [-0.25, -0.2) is 26.0 Å². The zero-order valence-electron chi connectivity index (χ0n) is 19.6. The predicted molar refractivity (Wildman–Crippen MR) is 131 cm³/mol. The molecule has 1 saturated carbocycles. The summed E-state index contributed by atoms with van der Waals surface area (Å²) in [7, 11) is -0.191. The highest BCUT2D eigenvalue weighted by molar-refractivity contribution is 8.13. The number of rotatable bonds is 5. The molecular weight excluding hydrogens is 510 g/mol. The highest BCUT2D eigenvalue weighted by Crippen LogP contribution is 2.33. The first-order valence-electron chi connectivity index (χ1n) is 11.4. The molecule has 1 aliphatic carbocycles. The van der Waals surface area contributed by atoms with Crippen LogP contribution in [-0.4, -0.2) is 8.42 Å². The molecule has 0 atom stereocenters. The van der Waals surface area contributed by atoms with Gasteiger partial charge in [-0.05, 0) is 23.4 Å². The van der Waals surface area contributed by atoms with Crippen molar-refractivity contribution in [1.82, 2.24) is 4.72 Å². The van der Waals surface area contributed by atoms with E-state index in [1.54, 1.807) is 30.3 Å². The maximum atomic E-state index is 13.8. The third kappa shape index (κ3) is 9.76. The SMILES string of the molecule is CC.CC1CCCCCCC1.O=S(=O)(Cl)c1c(F)c(F)c(SNCc2ccccc2)c(F)c1F. The third-order valence-corrected chi connectivity index (χ3v) is 7.27. The van der Waals surface area contributed by atoms with Gasteiger partial charge in [-0.2, -0.15) is 0 Å². The van der Waals surface area contributed by atoms with Crippen LogP contribution in [0.1, 0.15) is 71.3 Å². The molecule has 0 aromatic heterocycles. The predicted octanol–water partition coefficient (Wildman–Crippen LogP) is 8.36. The summed E-state index contributed by atoms with van der Waals surface area (Å²) in [5.74, 6) is -6.79. The number of nitrogens with one attached hydrogen (secondary N) is 1. The molecule has 1 N–H and O–H groups in total. The Morgan fingerprint density at radius 1 is 0.882 bits per heavy atom. The maximum Gasteiger partial charge on any atom is 0.267 e. The van der Waals surface area contributed by atoms with Crippen LogP contribution in [0.5, 0.6) is 0 Å². The van der Waals surface area contributed by atoms with Gasteiger partial charge in [-0.15, -0.1) is 0 Å². The topological polar surface area (TPSA) is 46.2 Å². The summed E-state index contributed by atoms with van der Waals surface area (Å²) in [5, 5.41) is 0. The lowest BCUT2D eigenvalue weighted by molar-refractivity contribution is 0.396. The first-order chi connectivity index (χ1) is 16.1. The average molecular weight is 542 g/mol. The highest BCUT2D eigenvalue weighted by atomic mass is 35.7. The molecule has 0 saturated heterocycles. The lowest BCUT2D eigenvalue weighted by atomic mass is 9.93. The second-order valence-corrected chi connectivity index (χ2v) is 11.1. The van der Waals surface area contributed by atoms with Gasteiger partial charge in [-0.3, -0.25) is 4.72 Å². The summed E-state index contributed by atoms with van der Waals surface area (Å²) < 4.78 is 79.5. The van der Waals surface area contributed by atoms with Crippen molar-refractivity contribution in [1.29, 1.82) is 0 Å².